The Labute approximate surface area is 253 Å². The van der Waals surface area contributed by atoms with Crippen molar-refractivity contribution in [2.45, 2.75) is 57.5 Å². The van der Waals surface area contributed by atoms with E-state index >= 15 is 0 Å². The molecule has 10 heteroatoms. The van der Waals surface area contributed by atoms with Crippen molar-refractivity contribution in [1.82, 2.24) is 9.97 Å². The van der Waals surface area contributed by atoms with E-state index in [1.165, 1.54) is 12.1 Å². The number of nitrogens with zero attached hydrogens (tertiary/aromatic N) is 3. The summed E-state index contributed by atoms with van der Waals surface area (Å²) in [6.45, 7) is 5.65. The molecule has 0 bridgehead atoms. The highest BCUT2D eigenvalue weighted by molar-refractivity contribution is 6.08. The van der Waals surface area contributed by atoms with E-state index in [0.29, 0.717) is 52.3 Å². The molecule has 0 aliphatic carbocycles. The number of aromatic nitrogens is 2. The van der Waals surface area contributed by atoms with Gasteiger partial charge in [-0.1, -0.05) is 6.07 Å². The Balaban J connectivity index is 1.34. The zero-order valence-corrected chi connectivity index (χ0v) is 24.8. The fourth-order valence-corrected chi connectivity index (χ4v) is 5.88. The smallest absolute Gasteiger partial charge is 0.231 e. The number of fused-ring (bicyclic) bond motifs is 2. The number of ketones is 1. The summed E-state index contributed by atoms with van der Waals surface area (Å²) < 4.78 is 19.6. The van der Waals surface area contributed by atoms with Gasteiger partial charge in [-0.2, -0.15) is 0 Å². The number of rotatable bonds is 8. The number of amides is 2. The number of pyridine rings is 2. The molecular formula is C34H33FN4O5. The molecule has 226 valence electrons. The van der Waals surface area contributed by atoms with Crippen LogP contribution in [0.15, 0.2) is 54.6 Å². The Morgan fingerprint density at radius 1 is 1.14 bits per heavy atom. The van der Waals surface area contributed by atoms with E-state index in [1.54, 1.807) is 49.1 Å². The van der Waals surface area contributed by atoms with Crippen LogP contribution in [0.5, 0.6) is 5.75 Å². The van der Waals surface area contributed by atoms with Gasteiger partial charge in [-0.05, 0) is 82.1 Å². The highest BCUT2D eigenvalue weighted by Crippen LogP contribution is 2.46. The number of aliphatic hydroxyl groups is 1. The Kier molecular flexibility index (Phi) is 7.20. The molecule has 44 heavy (non-hydrogen) atoms. The largest absolute Gasteiger partial charge is 0.489 e. The molecule has 3 N–H and O–H groups in total. The molecule has 2 amide bonds. The van der Waals surface area contributed by atoms with E-state index in [-0.39, 0.29) is 36.8 Å². The van der Waals surface area contributed by atoms with Gasteiger partial charge in [0.1, 0.15) is 34.9 Å². The van der Waals surface area contributed by atoms with Crippen LogP contribution >= 0.6 is 0 Å². The van der Waals surface area contributed by atoms with Gasteiger partial charge in [-0.25, -0.2) is 9.37 Å². The molecular weight excluding hydrogens is 563 g/mol. The summed E-state index contributed by atoms with van der Waals surface area (Å²) in [7, 11) is 0. The molecule has 2 aromatic heterocycles. The van der Waals surface area contributed by atoms with Crippen LogP contribution in [0.3, 0.4) is 0 Å². The minimum absolute atomic E-state index is 0.00414. The first-order valence-corrected chi connectivity index (χ1v) is 14.6. The van der Waals surface area contributed by atoms with E-state index in [4.69, 9.17) is 15.5 Å². The number of anilines is 1. The van der Waals surface area contributed by atoms with Crippen LogP contribution in [0.25, 0.3) is 22.2 Å². The van der Waals surface area contributed by atoms with Crippen molar-refractivity contribution in [3.05, 3.63) is 82.9 Å². The van der Waals surface area contributed by atoms with Crippen molar-refractivity contribution < 1.29 is 28.6 Å². The monoisotopic (exact) mass is 596 g/mol. The second kappa shape index (κ2) is 10.8. The zero-order chi connectivity index (χ0) is 31.4. The second-order valence-electron chi connectivity index (χ2n) is 12.1. The molecule has 0 saturated carbocycles. The summed E-state index contributed by atoms with van der Waals surface area (Å²) in [5, 5.41) is 12.5. The molecule has 4 aromatic rings. The molecule has 4 heterocycles. The first-order valence-electron chi connectivity index (χ1n) is 14.6. The number of hydrogen-bond donors (Lipinski definition) is 2. The number of benzene rings is 2. The fourth-order valence-electron chi connectivity index (χ4n) is 5.88. The average molecular weight is 597 g/mol. The molecule has 1 saturated heterocycles. The van der Waals surface area contributed by atoms with Gasteiger partial charge in [-0.15, -0.1) is 0 Å². The second-order valence-corrected chi connectivity index (χ2v) is 12.1. The van der Waals surface area contributed by atoms with E-state index < -0.39 is 22.7 Å². The van der Waals surface area contributed by atoms with Crippen molar-refractivity contribution in [2.24, 2.45) is 5.73 Å². The maximum absolute atomic E-state index is 13.7. The molecule has 0 spiro atoms. The first-order chi connectivity index (χ1) is 20.9. The first kappa shape index (κ1) is 29.4. The number of aryl methyl sites for hydroxylation is 1. The van der Waals surface area contributed by atoms with Gasteiger partial charge in [0.15, 0.2) is 5.78 Å². The Hall–Kier alpha value is -4.70. The lowest BCUT2D eigenvalue weighted by Crippen LogP contribution is -2.40. The van der Waals surface area contributed by atoms with Crippen molar-refractivity contribution in [1.29, 1.82) is 0 Å². The third-order valence-electron chi connectivity index (χ3n) is 8.72. The van der Waals surface area contributed by atoms with Gasteiger partial charge in [0.05, 0.1) is 16.9 Å². The van der Waals surface area contributed by atoms with Gasteiger partial charge in [-0.3, -0.25) is 19.4 Å². The quantitative estimate of drug-likeness (QED) is 0.277. The van der Waals surface area contributed by atoms with Gasteiger partial charge >= 0.3 is 0 Å². The summed E-state index contributed by atoms with van der Waals surface area (Å²) in [6.07, 6.45) is 1.17. The summed E-state index contributed by atoms with van der Waals surface area (Å²) in [5.74, 6) is -0.898. The predicted molar refractivity (Wildman–Crippen MR) is 163 cm³/mol. The summed E-state index contributed by atoms with van der Waals surface area (Å²) in [6, 6.07) is 14.5. The van der Waals surface area contributed by atoms with Crippen LogP contribution in [0.4, 0.5) is 10.1 Å². The lowest BCUT2D eigenvalue weighted by atomic mass is 9.81. The third kappa shape index (κ3) is 5.09. The fraction of sp³-hybridized carbons (Fsp3) is 0.324. The Morgan fingerprint density at radius 2 is 1.89 bits per heavy atom. The summed E-state index contributed by atoms with van der Waals surface area (Å²) in [4.78, 5) is 49.8. The topological polar surface area (TPSA) is 136 Å². The number of ether oxygens (including phenoxy) is 1. The van der Waals surface area contributed by atoms with Crippen LogP contribution in [0.1, 0.15) is 66.8 Å². The van der Waals surface area contributed by atoms with E-state index in [9.17, 15) is 23.9 Å². The van der Waals surface area contributed by atoms with Crippen LogP contribution in [-0.2, 0) is 20.6 Å². The van der Waals surface area contributed by atoms with Gasteiger partial charge in [0.25, 0.3) is 0 Å². The zero-order valence-electron chi connectivity index (χ0n) is 24.8. The van der Waals surface area contributed by atoms with Crippen LogP contribution in [0.2, 0.25) is 0 Å². The molecule has 6 rings (SSSR count). The lowest BCUT2D eigenvalue weighted by Gasteiger charge is -2.26. The van der Waals surface area contributed by atoms with E-state index in [1.807, 2.05) is 19.1 Å². The molecule has 2 aliphatic rings. The van der Waals surface area contributed by atoms with Gasteiger partial charge in [0, 0.05) is 47.2 Å². The number of halogens is 1. The highest BCUT2D eigenvalue weighted by Gasteiger charge is 2.45. The normalized spacial score (nSPS) is 19.1. The van der Waals surface area contributed by atoms with Crippen LogP contribution in [-0.4, -0.2) is 45.8 Å². The van der Waals surface area contributed by atoms with Gasteiger partial charge in [0.2, 0.25) is 11.8 Å². The van der Waals surface area contributed by atoms with E-state index in [2.05, 4.69) is 4.98 Å². The number of hydrogen-bond acceptors (Lipinski definition) is 7. The number of nitrogens with two attached hydrogens (primary N) is 1. The number of carbonyl (C=O) groups is 3. The molecule has 1 fully saturated rings. The van der Waals surface area contributed by atoms with Crippen LogP contribution in [0, 0.1) is 12.7 Å². The molecule has 2 aliphatic heterocycles. The minimum atomic E-state index is -1.59. The van der Waals surface area contributed by atoms with Crippen LogP contribution < -0.4 is 15.4 Å². The molecule has 9 nitrogen and oxygen atoms in total. The number of carbonyl (C=O) groups excluding carboxylic acids is 3. The Morgan fingerprint density at radius 3 is 2.57 bits per heavy atom. The van der Waals surface area contributed by atoms with Crippen molar-refractivity contribution >= 4 is 34.2 Å². The van der Waals surface area contributed by atoms with E-state index in [0.717, 1.165) is 17.5 Å². The van der Waals surface area contributed by atoms with Crippen molar-refractivity contribution in [3.8, 4) is 17.0 Å². The minimum Gasteiger partial charge on any atom is -0.489 e. The standard InChI is InChI=1S/C34H33FN4O5/c1-19-6-7-21-15-22(16-25(29(21)37-19)39-14-4-5-28(39)41)26(40)12-13-34(3,43)27-17-24-31(44-18-33(24,2)32(36)42)30(38-27)20-8-10-23(35)11-9-20/h6-11,15-17,43H,4-5,12-14,18H2,1-3H3,(H2,36,42)/t33-,34-/m0/s1. The van der Waals surface area contributed by atoms with Crippen molar-refractivity contribution in [3.63, 3.8) is 0 Å². The Bertz CT molecular complexity index is 1840. The molecule has 0 unspecified atom stereocenters. The third-order valence-corrected chi connectivity index (χ3v) is 8.72. The molecule has 0 radical (unpaired) electrons. The molecule has 2 aromatic carbocycles. The van der Waals surface area contributed by atoms with Crippen molar-refractivity contribution in [2.75, 3.05) is 18.1 Å². The summed E-state index contributed by atoms with van der Waals surface area (Å²) >= 11 is 0. The SMILES string of the molecule is Cc1ccc2cc(C(=O)CC[C@](C)(O)c3cc4c(c(-c5ccc(F)cc5)n3)OC[C@]4(C)C(N)=O)cc(N3CCCC3=O)c2n1. The maximum Gasteiger partial charge on any atom is 0.231 e. The molecule has 2 atom stereocenters. The maximum atomic E-state index is 13.7. The highest BCUT2D eigenvalue weighted by atomic mass is 19.1. The number of primary amides is 1. The predicted octanol–water partition coefficient (Wildman–Crippen LogP) is 4.88. The summed E-state index contributed by atoms with van der Waals surface area (Å²) in [5.41, 5.74) is 7.07. The lowest BCUT2D eigenvalue weighted by molar-refractivity contribution is -0.123. The number of Topliss-reactive ketones (excluding diaryl/α,β-unsaturated/α-hetero) is 1. The van der Waals surface area contributed by atoms with Gasteiger partial charge < -0.3 is 20.5 Å². The average Bonchev–Trinajstić information content (AvgIpc) is 3.59.